The molecule has 4 rings (SSSR count). The summed E-state index contributed by atoms with van der Waals surface area (Å²) in [5.74, 6) is 2.04. The van der Waals surface area contributed by atoms with E-state index in [0.717, 1.165) is 11.3 Å². The Labute approximate surface area is 151 Å². The van der Waals surface area contributed by atoms with Crippen molar-refractivity contribution in [1.29, 1.82) is 0 Å². The predicted octanol–water partition coefficient (Wildman–Crippen LogP) is 2.52. The van der Waals surface area contributed by atoms with Gasteiger partial charge in [0.2, 0.25) is 6.79 Å². The van der Waals surface area contributed by atoms with Crippen molar-refractivity contribution in [2.45, 2.75) is 38.2 Å². The van der Waals surface area contributed by atoms with Gasteiger partial charge >= 0.3 is 0 Å². The molecule has 0 saturated carbocycles. The third-order valence-corrected chi connectivity index (χ3v) is 5.01. The Hall–Kier alpha value is -2.54. The van der Waals surface area contributed by atoms with Crippen LogP contribution in [0.1, 0.15) is 53.9 Å². The van der Waals surface area contributed by atoms with E-state index in [-0.39, 0.29) is 31.1 Å². The maximum Gasteiger partial charge on any atom is 0.276 e. The number of hydrogen-bond donors (Lipinski definition) is 1. The molecule has 1 aromatic carbocycles. The number of β-amino-alcohol motifs (C(OH)–C–C–N with tert-alkyl or cyclic N) is 1. The Bertz CT molecular complexity index is 816. The Morgan fingerprint density at radius 1 is 1.27 bits per heavy atom. The average Bonchev–Trinajstić information content (AvgIpc) is 3.29. The number of aliphatic hydroxyl groups excluding tert-OH is 1. The van der Waals surface area contributed by atoms with Crippen molar-refractivity contribution in [3.63, 3.8) is 0 Å². The molecule has 7 nitrogen and oxygen atoms in total. The first-order valence-corrected chi connectivity index (χ1v) is 8.86. The zero-order valence-electron chi connectivity index (χ0n) is 14.8. The summed E-state index contributed by atoms with van der Waals surface area (Å²) in [5.41, 5.74) is 1.29. The maximum absolute atomic E-state index is 12.6. The van der Waals surface area contributed by atoms with E-state index in [0.29, 0.717) is 30.2 Å². The lowest BCUT2D eigenvalue weighted by molar-refractivity contribution is 0.0374. The molecule has 2 aromatic rings. The van der Waals surface area contributed by atoms with Gasteiger partial charge in [0.15, 0.2) is 17.2 Å². The van der Waals surface area contributed by atoms with E-state index >= 15 is 0 Å². The van der Waals surface area contributed by atoms with E-state index in [2.05, 4.69) is 5.16 Å². The van der Waals surface area contributed by atoms with Gasteiger partial charge in [-0.1, -0.05) is 25.1 Å². The summed E-state index contributed by atoms with van der Waals surface area (Å²) >= 11 is 0. The van der Waals surface area contributed by atoms with E-state index in [1.54, 1.807) is 11.0 Å². The van der Waals surface area contributed by atoms with Gasteiger partial charge in [-0.3, -0.25) is 4.79 Å². The normalized spacial score (nSPS) is 22.1. The number of rotatable bonds is 3. The molecule has 0 spiro atoms. The van der Waals surface area contributed by atoms with Gasteiger partial charge in [0, 0.05) is 31.0 Å². The third-order valence-electron chi connectivity index (χ3n) is 5.01. The predicted molar refractivity (Wildman–Crippen MR) is 92.4 cm³/mol. The number of fused-ring (bicyclic) bond motifs is 1. The van der Waals surface area contributed by atoms with E-state index < -0.39 is 6.10 Å². The zero-order valence-corrected chi connectivity index (χ0v) is 14.8. The minimum atomic E-state index is -0.649. The number of benzene rings is 1. The molecule has 7 heteroatoms. The third kappa shape index (κ3) is 3.03. The van der Waals surface area contributed by atoms with Gasteiger partial charge in [-0.15, -0.1) is 0 Å². The second-order valence-electron chi connectivity index (χ2n) is 7.10. The van der Waals surface area contributed by atoms with Crippen molar-refractivity contribution in [3.8, 4) is 11.5 Å². The Kier molecular flexibility index (Phi) is 4.32. The number of likely N-dealkylation sites (tertiary alicyclic amines) is 1. The molecule has 0 radical (unpaired) electrons. The van der Waals surface area contributed by atoms with Crippen LogP contribution in [0.4, 0.5) is 0 Å². The van der Waals surface area contributed by atoms with E-state index in [1.165, 1.54) is 0 Å². The summed E-state index contributed by atoms with van der Waals surface area (Å²) in [7, 11) is 0. The molecule has 3 heterocycles. The highest BCUT2D eigenvalue weighted by Crippen LogP contribution is 2.37. The van der Waals surface area contributed by atoms with Crippen molar-refractivity contribution < 1.29 is 23.9 Å². The van der Waals surface area contributed by atoms with E-state index in [4.69, 9.17) is 14.0 Å². The van der Waals surface area contributed by atoms with Gasteiger partial charge in [-0.25, -0.2) is 0 Å². The lowest BCUT2D eigenvalue weighted by Gasteiger charge is -2.35. The number of amides is 1. The lowest BCUT2D eigenvalue weighted by atomic mass is 9.87. The van der Waals surface area contributed by atoms with Crippen LogP contribution in [0.3, 0.4) is 0 Å². The van der Waals surface area contributed by atoms with E-state index in [9.17, 15) is 9.90 Å². The van der Waals surface area contributed by atoms with Crippen molar-refractivity contribution in [2.24, 2.45) is 0 Å². The Morgan fingerprint density at radius 2 is 2.08 bits per heavy atom. The second-order valence-corrected chi connectivity index (χ2v) is 7.10. The summed E-state index contributed by atoms with van der Waals surface area (Å²) < 4.78 is 16.0. The summed E-state index contributed by atoms with van der Waals surface area (Å²) in [6.07, 6.45) is 0.0195. The van der Waals surface area contributed by atoms with Gasteiger partial charge in [-0.2, -0.15) is 0 Å². The van der Waals surface area contributed by atoms with E-state index in [1.807, 2.05) is 32.0 Å². The van der Waals surface area contributed by atoms with Crippen LogP contribution in [0.2, 0.25) is 0 Å². The molecule has 1 amide bonds. The molecule has 1 N–H and O–H groups in total. The monoisotopic (exact) mass is 358 g/mol. The highest BCUT2D eigenvalue weighted by atomic mass is 16.7. The smallest absolute Gasteiger partial charge is 0.276 e. The van der Waals surface area contributed by atoms with Crippen molar-refractivity contribution >= 4 is 5.91 Å². The number of aromatic nitrogens is 1. The minimum Gasteiger partial charge on any atom is -0.454 e. The second kappa shape index (κ2) is 6.64. The molecule has 0 bridgehead atoms. The van der Waals surface area contributed by atoms with Gasteiger partial charge < -0.3 is 24.0 Å². The van der Waals surface area contributed by atoms with Crippen molar-refractivity contribution in [2.75, 3.05) is 19.9 Å². The Morgan fingerprint density at radius 3 is 2.81 bits per heavy atom. The number of nitrogens with zero attached hydrogens (tertiary/aromatic N) is 2. The standard InChI is InChI=1S/C19H22N2O5/c1-11(2)17-8-14(20-26-17)19(23)21-6-5-13(15(22)9-21)12-3-4-16-18(7-12)25-10-24-16/h3-4,7-8,11,13,15,22H,5-6,9-10H2,1-2H3/t13-,15+/m0/s1. The highest BCUT2D eigenvalue weighted by Gasteiger charge is 2.33. The molecule has 0 aliphatic carbocycles. The summed E-state index contributed by atoms with van der Waals surface area (Å²) in [6.45, 7) is 5.01. The molecule has 0 unspecified atom stereocenters. The van der Waals surface area contributed by atoms with Crippen LogP contribution in [0.15, 0.2) is 28.8 Å². The molecular weight excluding hydrogens is 336 g/mol. The number of ether oxygens (including phenoxy) is 2. The minimum absolute atomic E-state index is 0.0444. The fourth-order valence-corrected chi connectivity index (χ4v) is 3.47. The first-order valence-electron chi connectivity index (χ1n) is 8.86. The lowest BCUT2D eigenvalue weighted by Crippen LogP contribution is -2.45. The van der Waals surface area contributed by atoms with Crippen LogP contribution in [0.25, 0.3) is 0 Å². The molecule has 1 saturated heterocycles. The van der Waals surface area contributed by atoms with Gasteiger partial charge in [0.1, 0.15) is 5.76 Å². The fourth-order valence-electron chi connectivity index (χ4n) is 3.47. The first kappa shape index (κ1) is 16.9. The Balaban J connectivity index is 1.45. The van der Waals surface area contributed by atoms with Crippen LogP contribution in [0, 0.1) is 0 Å². The first-order chi connectivity index (χ1) is 12.5. The fraction of sp³-hybridized carbons (Fsp3) is 0.474. The van der Waals surface area contributed by atoms with Crippen LogP contribution in [0.5, 0.6) is 11.5 Å². The quantitative estimate of drug-likeness (QED) is 0.907. The molecule has 2 atom stereocenters. The molecule has 138 valence electrons. The van der Waals surface area contributed by atoms with Gasteiger partial charge in [-0.05, 0) is 24.1 Å². The summed E-state index contributed by atoms with van der Waals surface area (Å²) in [5, 5.41) is 14.5. The SMILES string of the molecule is CC(C)c1cc(C(=O)N2CC[C@@H](c3ccc4c(c3)OCO4)[C@H](O)C2)no1. The molecule has 2 aliphatic rings. The van der Waals surface area contributed by atoms with Crippen LogP contribution in [-0.4, -0.2) is 47.1 Å². The maximum atomic E-state index is 12.6. The van der Waals surface area contributed by atoms with Crippen molar-refractivity contribution in [3.05, 3.63) is 41.3 Å². The molecule has 26 heavy (non-hydrogen) atoms. The summed E-state index contributed by atoms with van der Waals surface area (Å²) in [6, 6.07) is 7.42. The highest BCUT2D eigenvalue weighted by molar-refractivity contribution is 5.92. The number of carbonyl (C=O) groups is 1. The number of hydrogen-bond acceptors (Lipinski definition) is 6. The zero-order chi connectivity index (χ0) is 18.3. The van der Waals surface area contributed by atoms with Crippen LogP contribution < -0.4 is 9.47 Å². The number of aliphatic hydroxyl groups is 1. The molecular formula is C19H22N2O5. The summed E-state index contributed by atoms with van der Waals surface area (Å²) in [4.78, 5) is 14.3. The van der Waals surface area contributed by atoms with Crippen molar-refractivity contribution in [1.82, 2.24) is 10.1 Å². The number of carbonyl (C=O) groups excluding carboxylic acids is 1. The molecule has 1 fully saturated rings. The van der Waals surface area contributed by atoms with Crippen LogP contribution in [-0.2, 0) is 0 Å². The molecule has 2 aliphatic heterocycles. The van der Waals surface area contributed by atoms with Gasteiger partial charge in [0.25, 0.3) is 5.91 Å². The van der Waals surface area contributed by atoms with Crippen LogP contribution >= 0.6 is 0 Å². The molecule has 1 aromatic heterocycles. The largest absolute Gasteiger partial charge is 0.454 e. The topological polar surface area (TPSA) is 85.0 Å². The average molecular weight is 358 g/mol. The van der Waals surface area contributed by atoms with Gasteiger partial charge in [0.05, 0.1) is 6.10 Å². The number of piperidine rings is 1.